The molecule has 1 atom stereocenters. The van der Waals surface area contributed by atoms with E-state index in [1.54, 1.807) is 0 Å². The van der Waals surface area contributed by atoms with E-state index in [1.165, 1.54) is 68.1 Å². The van der Waals surface area contributed by atoms with Crippen LogP contribution in [0.3, 0.4) is 0 Å². The molecule has 0 saturated heterocycles. The summed E-state index contributed by atoms with van der Waals surface area (Å²) in [5.41, 5.74) is 6.04. The molecule has 35 heavy (non-hydrogen) atoms. The van der Waals surface area contributed by atoms with Crippen LogP contribution in [0.5, 0.6) is 0 Å². The van der Waals surface area contributed by atoms with Crippen LogP contribution in [0.25, 0.3) is 21.5 Å². The zero-order valence-corrected chi connectivity index (χ0v) is 27.2. The normalized spacial score (nSPS) is 15.3. The number of benzene rings is 2. The van der Waals surface area contributed by atoms with Crippen molar-refractivity contribution in [2.75, 3.05) is 0 Å². The molecule has 0 aromatic heterocycles. The van der Waals surface area contributed by atoms with Crippen molar-refractivity contribution in [3.8, 4) is 0 Å². The van der Waals surface area contributed by atoms with Crippen molar-refractivity contribution >= 4 is 25.8 Å². The third-order valence-electron chi connectivity index (χ3n) is 6.37. The summed E-state index contributed by atoms with van der Waals surface area (Å²) < 4.78 is 3.34. The van der Waals surface area contributed by atoms with Crippen LogP contribution >= 0.6 is 0 Å². The van der Waals surface area contributed by atoms with Crippen LogP contribution in [0.1, 0.15) is 80.4 Å². The van der Waals surface area contributed by atoms with Gasteiger partial charge in [-0.3, -0.25) is 6.08 Å². The minimum atomic E-state index is 0. The first-order valence-electron chi connectivity index (χ1n) is 12.1. The largest absolute Gasteiger partial charge is 1.00 e. The van der Waals surface area contributed by atoms with Gasteiger partial charge in [0.05, 0.1) is 0 Å². The number of fused-ring (bicyclic) bond motifs is 3. The number of allylic oxidation sites excluding steroid dienone is 4. The number of rotatable bonds is 1. The number of hydrogen-bond donors (Lipinski definition) is 0. The van der Waals surface area contributed by atoms with E-state index in [-0.39, 0.29) is 35.6 Å². The fraction of sp³-hybridized carbons (Fsp3) is 0.438. The molecule has 3 heteroatoms. The van der Waals surface area contributed by atoms with Gasteiger partial charge in [-0.1, -0.05) is 116 Å². The smallest absolute Gasteiger partial charge is 1.00 e. The molecule has 1 aliphatic rings. The van der Waals surface area contributed by atoms with E-state index in [1.807, 2.05) is 0 Å². The molecule has 1 aliphatic carbocycles. The van der Waals surface area contributed by atoms with E-state index < -0.39 is 0 Å². The van der Waals surface area contributed by atoms with Gasteiger partial charge in [0.25, 0.3) is 0 Å². The van der Waals surface area contributed by atoms with Crippen LogP contribution in [0, 0.1) is 17.9 Å². The first kappa shape index (κ1) is 34.1. The molecule has 0 radical (unpaired) electrons. The molecule has 0 fully saturated rings. The van der Waals surface area contributed by atoms with Gasteiger partial charge >= 0.3 is 28.4 Å². The maximum Gasteiger partial charge on any atom is -1.00 e. The Morgan fingerprint density at radius 2 is 1.23 bits per heavy atom. The fourth-order valence-corrected chi connectivity index (χ4v) is 4.44. The molecule has 3 aromatic carbocycles. The van der Waals surface area contributed by atoms with Gasteiger partial charge in [0, 0.05) is 0 Å². The molecule has 0 N–H and O–H groups in total. The fourth-order valence-electron chi connectivity index (χ4n) is 4.44. The summed E-state index contributed by atoms with van der Waals surface area (Å²) in [5.74, 6) is 1.20. The SMILES string of the molecule is CC(C)(C)c1ccc2c(c1)[cH-]c1cc(C(C)(C)C)ccc12.CC1=[C-]C(C)C=C1C(C)C.[CH2]=[Zr+2].[Cl-].[Cl-]. The van der Waals surface area contributed by atoms with Gasteiger partial charge in [-0.15, -0.1) is 39.7 Å². The molecule has 0 saturated carbocycles. The Kier molecular flexibility index (Phi) is 13.3. The Balaban J connectivity index is 0.000000705. The Bertz CT molecular complexity index is 1100. The van der Waals surface area contributed by atoms with Crippen molar-refractivity contribution in [2.45, 2.75) is 80.1 Å². The Morgan fingerprint density at radius 1 is 0.829 bits per heavy atom. The molecule has 0 bridgehead atoms. The minimum absolute atomic E-state index is 0. The van der Waals surface area contributed by atoms with Crippen molar-refractivity contribution in [1.82, 2.24) is 0 Å². The van der Waals surface area contributed by atoms with E-state index in [0.29, 0.717) is 11.8 Å². The summed E-state index contributed by atoms with van der Waals surface area (Å²) in [6, 6.07) is 16.2. The molecular weight excluding hydrogens is 546 g/mol. The summed E-state index contributed by atoms with van der Waals surface area (Å²) in [6.45, 7) is 22.4. The van der Waals surface area contributed by atoms with Crippen molar-refractivity contribution in [2.24, 2.45) is 11.8 Å². The van der Waals surface area contributed by atoms with E-state index in [4.69, 9.17) is 0 Å². The average molecular weight is 589 g/mol. The molecular formula is C32H42Cl2Zr-2. The second kappa shape index (κ2) is 13.6. The molecule has 3 aromatic rings. The second-order valence-corrected chi connectivity index (χ2v) is 11.6. The molecule has 0 spiro atoms. The quantitative estimate of drug-likeness (QED) is 0.383. The van der Waals surface area contributed by atoms with Gasteiger partial charge in [-0.25, -0.2) is 5.57 Å². The molecule has 0 nitrogen and oxygen atoms in total. The van der Waals surface area contributed by atoms with Crippen LogP contribution in [0.4, 0.5) is 0 Å². The molecule has 0 heterocycles. The maximum absolute atomic E-state index is 3.37. The van der Waals surface area contributed by atoms with Crippen molar-refractivity contribution in [3.05, 3.63) is 76.9 Å². The van der Waals surface area contributed by atoms with Crippen LogP contribution in [0.15, 0.2) is 59.7 Å². The average Bonchev–Trinajstić information content (AvgIpc) is 3.26. The molecule has 1 unspecified atom stereocenters. The van der Waals surface area contributed by atoms with E-state index in [2.05, 4.69) is 128 Å². The van der Waals surface area contributed by atoms with Gasteiger partial charge in [0.1, 0.15) is 0 Å². The van der Waals surface area contributed by atoms with Crippen molar-refractivity contribution in [1.29, 1.82) is 0 Å². The first-order valence-corrected chi connectivity index (χ1v) is 13.8. The Morgan fingerprint density at radius 3 is 1.49 bits per heavy atom. The number of hydrogen-bond acceptors (Lipinski definition) is 0. The Hall–Kier alpha value is -0.877. The maximum atomic E-state index is 3.37. The van der Waals surface area contributed by atoms with Crippen LogP contribution in [0.2, 0.25) is 0 Å². The summed E-state index contributed by atoms with van der Waals surface area (Å²) in [7, 11) is 0. The standard InChI is InChI=1S/C21H25.C10H15.CH2.2ClH.Zr/c1-20(2,3)16-7-9-18-14(12-16)11-15-13-17(21(4,5)6)8-10-19(15)18;1-7(2)10-6-8(3)5-9(10)4;;;;/h7-13H,1-6H3;6-8H,1-4H3;1H2;2*1H;/q2*-1;;;;+2/p-2. The Labute approximate surface area is 242 Å². The molecule has 0 aliphatic heterocycles. The monoisotopic (exact) mass is 586 g/mol. The third-order valence-corrected chi connectivity index (χ3v) is 6.37. The van der Waals surface area contributed by atoms with Crippen LogP contribution in [-0.2, 0) is 35.1 Å². The summed E-state index contributed by atoms with van der Waals surface area (Å²) in [4.78, 5) is 0. The first-order chi connectivity index (χ1) is 15.3. The number of halogens is 2. The zero-order chi connectivity index (χ0) is 25.1. The van der Waals surface area contributed by atoms with Gasteiger partial charge in [-0.2, -0.15) is 11.6 Å². The molecule has 0 amide bonds. The topological polar surface area (TPSA) is 0 Å². The summed E-state index contributed by atoms with van der Waals surface area (Å²) in [6.07, 6.45) is 5.68. The minimum Gasteiger partial charge on any atom is -1.00 e. The van der Waals surface area contributed by atoms with Gasteiger partial charge < -0.3 is 24.8 Å². The van der Waals surface area contributed by atoms with Crippen molar-refractivity contribution in [3.63, 3.8) is 0 Å². The van der Waals surface area contributed by atoms with Crippen molar-refractivity contribution < 1.29 is 49.0 Å². The van der Waals surface area contributed by atoms with Gasteiger partial charge in [-0.05, 0) is 10.8 Å². The third kappa shape index (κ3) is 8.59. The summed E-state index contributed by atoms with van der Waals surface area (Å²) in [5, 5.41) is 5.48. The van der Waals surface area contributed by atoms with E-state index in [9.17, 15) is 0 Å². The predicted molar refractivity (Wildman–Crippen MR) is 146 cm³/mol. The van der Waals surface area contributed by atoms with Crippen LogP contribution in [-0.4, -0.2) is 4.21 Å². The second-order valence-electron chi connectivity index (χ2n) is 11.6. The molecule has 190 valence electrons. The van der Waals surface area contributed by atoms with Crippen LogP contribution < -0.4 is 24.8 Å². The zero-order valence-electron chi connectivity index (χ0n) is 23.2. The predicted octanol–water partition coefficient (Wildman–Crippen LogP) is 3.25. The van der Waals surface area contributed by atoms with Gasteiger partial charge in [0.2, 0.25) is 0 Å². The molecule has 4 rings (SSSR count). The van der Waals surface area contributed by atoms with Gasteiger partial charge in [0.15, 0.2) is 0 Å². The summed E-state index contributed by atoms with van der Waals surface area (Å²) >= 11 is 1.30. The van der Waals surface area contributed by atoms with E-state index >= 15 is 0 Å². The van der Waals surface area contributed by atoms with E-state index in [0.717, 1.165) is 0 Å².